The van der Waals surface area contributed by atoms with Gasteiger partial charge in [0.2, 0.25) is 0 Å². The average Bonchev–Trinajstić information content (AvgIpc) is 2.50. The molecule has 1 aliphatic carbocycles. The van der Waals surface area contributed by atoms with E-state index in [1.807, 2.05) is 0 Å². The number of nitrogens with zero attached hydrogens (tertiary/aromatic N) is 1. The lowest BCUT2D eigenvalue weighted by Gasteiger charge is -2.50. The van der Waals surface area contributed by atoms with E-state index in [1.165, 1.54) is 58.0 Å². The Bertz CT molecular complexity index is 383. The van der Waals surface area contributed by atoms with E-state index >= 15 is 0 Å². The van der Waals surface area contributed by atoms with Crippen molar-refractivity contribution in [2.24, 2.45) is 5.92 Å². The fourth-order valence-corrected chi connectivity index (χ4v) is 4.10. The fraction of sp³-hybridized carbons (Fsp3) is 0.667. The van der Waals surface area contributed by atoms with Gasteiger partial charge in [0.1, 0.15) is 0 Å². The van der Waals surface area contributed by atoms with Crippen molar-refractivity contribution in [1.29, 1.82) is 0 Å². The molecular weight excluding hydrogens is 230 g/mol. The van der Waals surface area contributed by atoms with Gasteiger partial charge >= 0.3 is 0 Å². The van der Waals surface area contributed by atoms with Gasteiger partial charge in [0.15, 0.2) is 0 Å². The third-order valence-corrected chi connectivity index (χ3v) is 5.37. The molecule has 1 saturated carbocycles. The Kier molecular flexibility index (Phi) is 3.93. The predicted molar refractivity (Wildman–Crippen MR) is 81.2 cm³/mol. The van der Waals surface area contributed by atoms with Gasteiger partial charge in [-0.1, -0.05) is 43.7 Å². The third-order valence-electron chi connectivity index (χ3n) is 5.37. The van der Waals surface area contributed by atoms with Gasteiger partial charge in [-0.2, -0.15) is 0 Å². The van der Waals surface area contributed by atoms with Gasteiger partial charge in [0, 0.05) is 5.54 Å². The number of rotatable bonds is 2. The van der Waals surface area contributed by atoms with Crippen molar-refractivity contribution in [3.05, 3.63) is 35.9 Å². The van der Waals surface area contributed by atoms with Gasteiger partial charge in [-0.05, 0) is 63.1 Å². The van der Waals surface area contributed by atoms with Gasteiger partial charge < -0.3 is 0 Å². The molecule has 0 aromatic heterocycles. The highest BCUT2D eigenvalue weighted by atomic mass is 15.2. The van der Waals surface area contributed by atoms with E-state index in [1.54, 1.807) is 5.56 Å². The fourth-order valence-electron chi connectivity index (χ4n) is 4.10. The molecule has 1 heterocycles. The minimum atomic E-state index is 0.355. The van der Waals surface area contributed by atoms with Gasteiger partial charge in [-0.25, -0.2) is 0 Å². The van der Waals surface area contributed by atoms with Crippen LogP contribution in [0.25, 0.3) is 0 Å². The van der Waals surface area contributed by atoms with Crippen molar-refractivity contribution in [1.82, 2.24) is 4.90 Å². The first-order valence-electron chi connectivity index (χ1n) is 8.12. The molecule has 1 aliphatic heterocycles. The average molecular weight is 257 g/mol. The summed E-state index contributed by atoms with van der Waals surface area (Å²) in [5, 5.41) is 0. The molecule has 1 aromatic rings. The van der Waals surface area contributed by atoms with Gasteiger partial charge in [-0.15, -0.1) is 0 Å². The van der Waals surface area contributed by atoms with Crippen LogP contribution in [-0.2, 0) is 5.54 Å². The summed E-state index contributed by atoms with van der Waals surface area (Å²) in [6.07, 6.45) is 9.72. The maximum Gasteiger partial charge on any atom is 0.0460 e. The van der Waals surface area contributed by atoms with Crippen LogP contribution < -0.4 is 0 Å². The van der Waals surface area contributed by atoms with Gasteiger partial charge in [0.25, 0.3) is 0 Å². The van der Waals surface area contributed by atoms with Crippen LogP contribution in [0.15, 0.2) is 30.3 Å². The highest BCUT2D eigenvalue weighted by Crippen LogP contribution is 2.45. The highest BCUT2D eigenvalue weighted by molar-refractivity contribution is 5.25. The molecule has 2 aliphatic rings. The Morgan fingerprint density at radius 1 is 0.947 bits per heavy atom. The molecule has 0 spiro atoms. The smallest absolute Gasteiger partial charge is 0.0460 e. The maximum absolute atomic E-state index is 2.82. The summed E-state index contributed by atoms with van der Waals surface area (Å²) in [5.74, 6) is 0.918. The van der Waals surface area contributed by atoms with Crippen molar-refractivity contribution in [2.75, 3.05) is 13.1 Å². The van der Waals surface area contributed by atoms with Crippen molar-refractivity contribution < 1.29 is 0 Å². The summed E-state index contributed by atoms with van der Waals surface area (Å²) in [4.78, 5) is 2.82. The normalized spacial score (nSPS) is 33.2. The zero-order chi connectivity index (χ0) is 13.1. The Labute approximate surface area is 118 Å². The Morgan fingerprint density at radius 2 is 1.58 bits per heavy atom. The second-order valence-corrected chi connectivity index (χ2v) is 6.63. The Balaban J connectivity index is 1.91. The quantitative estimate of drug-likeness (QED) is 0.749. The summed E-state index contributed by atoms with van der Waals surface area (Å²) in [5.41, 5.74) is 1.93. The standard InChI is InChI=1S/C18H27N/c1-16-10-12-18(13-11-16,17-8-4-2-5-9-17)19-14-6-3-7-15-19/h2,4-5,8-9,16H,3,6-7,10-15H2,1H3/t16-,18+. The van der Waals surface area contributed by atoms with E-state index in [0.717, 1.165) is 5.92 Å². The SMILES string of the molecule is C[C@H]1CC[C@@](c2ccccc2)(N2CCCCC2)CC1. The number of hydrogen-bond acceptors (Lipinski definition) is 1. The van der Waals surface area contributed by atoms with E-state index in [4.69, 9.17) is 0 Å². The maximum atomic E-state index is 2.82. The second kappa shape index (κ2) is 5.66. The van der Waals surface area contributed by atoms with Crippen LogP contribution in [0, 0.1) is 5.92 Å². The molecule has 0 atom stereocenters. The van der Waals surface area contributed by atoms with Crippen LogP contribution >= 0.6 is 0 Å². The summed E-state index contributed by atoms with van der Waals surface area (Å²) in [6, 6.07) is 11.3. The van der Waals surface area contributed by atoms with Gasteiger partial charge in [-0.3, -0.25) is 4.90 Å². The predicted octanol–water partition coefficient (Wildman–Crippen LogP) is 4.58. The van der Waals surface area contributed by atoms with Crippen LogP contribution in [0.4, 0.5) is 0 Å². The summed E-state index contributed by atoms with van der Waals surface area (Å²) in [7, 11) is 0. The Hall–Kier alpha value is -0.820. The molecule has 1 nitrogen and oxygen atoms in total. The van der Waals surface area contributed by atoms with Gasteiger partial charge in [0.05, 0.1) is 0 Å². The van der Waals surface area contributed by atoms with E-state index in [-0.39, 0.29) is 0 Å². The molecule has 2 fully saturated rings. The molecule has 3 rings (SSSR count). The summed E-state index contributed by atoms with van der Waals surface area (Å²) < 4.78 is 0. The van der Waals surface area contributed by atoms with Crippen molar-refractivity contribution >= 4 is 0 Å². The zero-order valence-electron chi connectivity index (χ0n) is 12.3. The van der Waals surface area contributed by atoms with E-state index in [2.05, 4.69) is 42.2 Å². The largest absolute Gasteiger partial charge is 0.294 e. The van der Waals surface area contributed by atoms with Crippen molar-refractivity contribution in [3.8, 4) is 0 Å². The first kappa shape index (κ1) is 13.2. The number of hydrogen-bond donors (Lipinski definition) is 0. The monoisotopic (exact) mass is 257 g/mol. The first-order chi connectivity index (χ1) is 9.31. The molecule has 0 bridgehead atoms. The number of likely N-dealkylation sites (tertiary alicyclic amines) is 1. The number of benzene rings is 1. The van der Waals surface area contributed by atoms with E-state index in [0.29, 0.717) is 5.54 Å². The van der Waals surface area contributed by atoms with Crippen LogP contribution in [0.3, 0.4) is 0 Å². The zero-order valence-corrected chi connectivity index (χ0v) is 12.3. The molecule has 0 radical (unpaired) electrons. The highest BCUT2D eigenvalue weighted by Gasteiger charge is 2.40. The van der Waals surface area contributed by atoms with E-state index < -0.39 is 0 Å². The molecule has 1 aromatic carbocycles. The van der Waals surface area contributed by atoms with E-state index in [9.17, 15) is 0 Å². The summed E-state index contributed by atoms with van der Waals surface area (Å²) in [6.45, 7) is 5.04. The number of piperidine rings is 1. The van der Waals surface area contributed by atoms with Crippen LogP contribution in [0.5, 0.6) is 0 Å². The lowest BCUT2D eigenvalue weighted by molar-refractivity contribution is 0.0196. The molecule has 0 amide bonds. The lowest BCUT2D eigenvalue weighted by Crippen LogP contribution is -2.50. The molecular formula is C18H27N. The van der Waals surface area contributed by atoms with Crippen LogP contribution in [0.1, 0.15) is 57.4 Å². The molecule has 1 saturated heterocycles. The van der Waals surface area contributed by atoms with Crippen LogP contribution in [-0.4, -0.2) is 18.0 Å². The Morgan fingerprint density at radius 3 is 2.21 bits per heavy atom. The molecule has 0 N–H and O–H groups in total. The minimum absolute atomic E-state index is 0.355. The second-order valence-electron chi connectivity index (χ2n) is 6.63. The molecule has 1 heteroatoms. The van der Waals surface area contributed by atoms with Crippen LogP contribution in [0.2, 0.25) is 0 Å². The topological polar surface area (TPSA) is 3.24 Å². The lowest BCUT2D eigenvalue weighted by atomic mass is 9.71. The third kappa shape index (κ3) is 2.58. The van der Waals surface area contributed by atoms with Crippen molar-refractivity contribution in [2.45, 2.75) is 57.4 Å². The minimum Gasteiger partial charge on any atom is -0.294 e. The first-order valence-corrected chi connectivity index (χ1v) is 8.12. The molecule has 19 heavy (non-hydrogen) atoms. The van der Waals surface area contributed by atoms with Crippen molar-refractivity contribution in [3.63, 3.8) is 0 Å². The molecule has 0 unspecified atom stereocenters. The summed E-state index contributed by atoms with van der Waals surface area (Å²) >= 11 is 0. The molecule has 104 valence electrons.